The number of hydrogen-bond donors (Lipinski definition) is 0. The Morgan fingerprint density at radius 2 is 1.63 bits per heavy atom. The van der Waals surface area contributed by atoms with E-state index in [0.29, 0.717) is 28.8 Å². The first-order valence-electron chi connectivity index (χ1n) is 15.7. The first kappa shape index (κ1) is 35.6. The Hall–Kier alpha value is -5.22. The summed E-state index contributed by atoms with van der Waals surface area (Å²) in [5, 5.41) is 4.66. The minimum absolute atomic E-state index is 0.0143. The fourth-order valence-corrected chi connectivity index (χ4v) is 6.22. The zero-order valence-electron chi connectivity index (χ0n) is 28.0. The van der Waals surface area contributed by atoms with Gasteiger partial charge in [0.15, 0.2) is 6.10 Å². The lowest BCUT2D eigenvalue weighted by Crippen LogP contribution is -2.49. The van der Waals surface area contributed by atoms with E-state index in [4.69, 9.17) is 9.47 Å². The summed E-state index contributed by atoms with van der Waals surface area (Å²) in [7, 11) is 1.41. The van der Waals surface area contributed by atoms with Crippen molar-refractivity contribution in [2.45, 2.75) is 64.9 Å². The molecule has 1 amide bonds. The Balaban J connectivity index is 1.43. The third kappa shape index (κ3) is 6.68. The highest BCUT2D eigenvalue weighted by Crippen LogP contribution is 2.43. The van der Waals surface area contributed by atoms with Crippen molar-refractivity contribution in [2.75, 3.05) is 25.1 Å². The molecule has 10 nitrogen and oxygen atoms in total. The number of benzene rings is 1. The van der Waals surface area contributed by atoms with Crippen LogP contribution >= 0.6 is 0 Å². The van der Waals surface area contributed by atoms with E-state index in [9.17, 15) is 35.5 Å². The smallest absolute Gasteiger partial charge is 0.416 e. The molecule has 1 aromatic carbocycles. The number of pyridine rings is 1. The molecule has 2 saturated heterocycles. The van der Waals surface area contributed by atoms with Crippen LogP contribution in [0.25, 0.3) is 22.3 Å². The SMILES string of the molecule is C=C1C(c2cc(C(F)(F)F)cc(C(F)(F)F)c2)OC(=O)N1Cc1nc(N2CC(F)C2)ncc1-c1cc(-c2c(C)nn(C(C)C)c2C)cnc1OC. The number of alkyl halides is 7. The standard InChI is InChI=1S/C34H32F7N7O3/c1-16(2)48-18(4)28(17(3)45-48)21-9-25(30(50-6)42-11-21)26-12-43-31(46-13-24(35)14-46)44-27(26)15-47-19(5)29(51-32(47)49)20-7-22(33(36,37)38)10-23(8-20)34(39,40)41/h7-12,16,24,29H,5,13-15H2,1-4,6H3. The summed E-state index contributed by atoms with van der Waals surface area (Å²) in [4.78, 5) is 29.4. The topological polar surface area (TPSA) is 98.5 Å². The second-order valence-electron chi connectivity index (χ2n) is 12.6. The molecule has 6 rings (SSSR count). The molecule has 5 heterocycles. The van der Waals surface area contributed by atoms with Gasteiger partial charge in [0.05, 0.1) is 55.0 Å². The molecule has 1 atom stereocenters. The Bertz CT molecular complexity index is 1990. The maximum Gasteiger partial charge on any atom is 0.416 e. The Labute approximate surface area is 287 Å². The van der Waals surface area contributed by atoms with E-state index >= 15 is 0 Å². The van der Waals surface area contributed by atoms with Gasteiger partial charge in [-0.25, -0.2) is 24.1 Å². The largest absolute Gasteiger partial charge is 0.481 e. The maximum atomic E-state index is 13.8. The van der Waals surface area contributed by atoms with Crippen LogP contribution in [0.1, 0.15) is 59.8 Å². The van der Waals surface area contributed by atoms with E-state index in [0.717, 1.165) is 21.9 Å². The Kier molecular flexibility index (Phi) is 8.96. The number of carbonyl (C=O) groups excluding carboxylic acids is 1. The quantitative estimate of drug-likeness (QED) is 0.169. The van der Waals surface area contributed by atoms with Gasteiger partial charge in [0.25, 0.3) is 0 Å². The average molecular weight is 720 g/mol. The van der Waals surface area contributed by atoms with Crippen molar-refractivity contribution in [2.24, 2.45) is 0 Å². The Morgan fingerprint density at radius 1 is 0.980 bits per heavy atom. The predicted molar refractivity (Wildman–Crippen MR) is 170 cm³/mol. The van der Waals surface area contributed by atoms with E-state index < -0.39 is 54.0 Å². The molecule has 2 aliphatic rings. The number of nitrogens with zero attached hydrogens (tertiary/aromatic N) is 7. The van der Waals surface area contributed by atoms with Crippen molar-refractivity contribution in [1.82, 2.24) is 29.6 Å². The van der Waals surface area contributed by atoms with Crippen LogP contribution in [0.2, 0.25) is 0 Å². The number of anilines is 1. The van der Waals surface area contributed by atoms with E-state index in [1.165, 1.54) is 13.3 Å². The molecule has 0 bridgehead atoms. The van der Waals surface area contributed by atoms with Crippen molar-refractivity contribution in [3.8, 4) is 28.1 Å². The third-order valence-corrected chi connectivity index (χ3v) is 8.72. The van der Waals surface area contributed by atoms with Gasteiger partial charge in [-0.2, -0.15) is 31.4 Å². The number of carbonyl (C=O) groups is 1. The molecule has 2 fully saturated rings. The summed E-state index contributed by atoms with van der Waals surface area (Å²) in [5.41, 5.74) is 0.117. The van der Waals surface area contributed by atoms with Gasteiger partial charge in [0.2, 0.25) is 11.8 Å². The first-order valence-corrected chi connectivity index (χ1v) is 15.7. The highest BCUT2D eigenvalue weighted by atomic mass is 19.4. The minimum Gasteiger partial charge on any atom is -0.481 e. The molecule has 0 aliphatic carbocycles. The lowest BCUT2D eigenvalue weighted by molar-refractivity contribution is -0.143. The molecular weight excluding hydrogens is 687 g/mol. The molecule has 1 unspecified atom stereocenters. The first-order chi connectivity index (χ1) is 23.9. The van der Waals surface area contributed by atoms with E-state index in [1.807, 2.05) is 32.4 Å². The number of ether oxygens (including phenoxy) is 2. The van der Waals surface area contributed by atoms with Crippen LogP contribution in [-0.4, -0.2) is 62.1 Å². The maximum absolute atomic E-state index is 13.8. The highest BCUT2D eigenvalue weighted by molar-refractivity contribution is 5.79. The zero-order valence-corrected chi connectivity index (χ0v) is 28.0. The van der Waals surface area contributed by atoms with Crippen molar-refractivity contribution in [3.63, 3.8) is 0 Å². The molecule has 3 aromatic heterocycles. The molecule has 0 saturated carbocycles. The fraction of sp³-hybridized carbons (Fsp3) is 0.382. The van der Waals surface area contributed by atoms with Gasteiger partial charge >= 0.3 is 18.4 Å². The van der Waals surface area contributed by atoms with Gasteiger partial charge < -0.3 is 14.4 Å². The van der Waals surface area contributed by atoms with Gasteiger partial charge in [0.1, 0.15) is 6.17 Å². The van der Waals surface area contributed by atoms with Crippen LogP contribution in [-0.2, 0) is 23.6 Å². The normalized spacial score (nSPS) is 17.0. The minimum atomic E-state index is -5.12. The van der Waals surface area contributed by atoms with Crippen molar-refractivity contribution in [3.05, 3.63) is 82.7 Å². The second kappa shape index (κ2) is 12.8. The van der Waals surface area contributed by atoms with Crippen LogP contribution in [0.5, 0.6) is 5.88 Å². The molecule has 51 heavy (non-hydrogen) atoms. The number of hydrogen-bond acceptors (Lipinski definition) is 8. The number of amides is 1. The fourth-order valence-electron chi connectivity index (χ4n) is 6.22. The molecule has 0 radical (unpaired) electrons. The molecule has 17 heteroatoms. The molecule has 2 aliphatic heterocycles. The van der Waals surface area contributed by atoms with E-state index in [-0.39, 0.29) is 48.4 Å². The molecular formula is C34H32F7N7O3. The molecule has 270 valence electrons. The van der Waals surface area contributed by atoms with Crippen molar-refractivity contribution < 1.29 is 45.0 Å². The summed E-state index contributed by atoms with van der Waals surface area (Å²) >= 11 is 0. The van der Waals surface area contributed by atoms with Gasteiger partial charge in [-0.1, -0.05) is 6.58 Å². The monoisotopic (exact) mass is 719 g/mol. The average Bonchev–Trinajstić information content (AvgIpc) is 3.51. The van der Waals surface area contributed by atoms with Crippen molar-refractivity contribution in [1.29, 1.82) is 0 Å². The van der Waals surface area contributed by atoms with Gasteiger partial charge in [-0.3, -0.25) is 9.58 Å². The van der Waals surface area contributed by atoms with Crippen LogP contribution in [0.15, 0.2) is 48.9 Å². The number of aromatic nitrogens is 5. The van der Waals surface area contributed by atoms with Crippen molar-refractivity contribution >= 4 is 12.0 Å². The second-order valence-corrected chi connectivity index (χ2v) is 12.6. The summed E-state index contributed by atoms with van der Waals surface area (Å²) < 4.78 is 108. The third-order valence-electron chi connectivity index (χ3n) is 8.72. The summed E-state index contributed by atoms with van der Waals surface area (Å²) in [6.07, 6.45) is -11.0. The molecule has 0 spiro atoms. The lowest BCUT2D eigenvalue weighted by atomic mass is 9.99. The highest BCUT2D eigenvalue weighted by Gasteiger charge is 2.42. The van der Waals surface area contributed by atoms with Crippen LogP contribution in [0.3, 0.4) is 0 Å². The number of cyclic esters (lactones) is 1. The van der Waals surface area contributed by atoms with Gasteiger partial charge in [-0.05, 0) is 57.5 Å². The Morgan fingerprint density at radius 3 is 2.18 bits per heavy atom. The van der Waals surface area contributed by atoms with Crippen LogP contribution in [0, 0.1) is 13.8 Å². The van der Waals surface area contributed by atoms with E-state index in [2.05, 4.69) is 26.6 Å². The van der Waals surface area contributed by atoms with Gasteiger partial charge in [0, 0.05) is 46.4 Å². The van der Waals surface area contributed by atoms with Gasteiger partial charge in [-0.15, -0.1) is 0 Å². The predicted octanol–water partition coefficient (Wildman–Crippen LogP) is 8.01. The summed E-state index contributed by atoms with van der Waals surface area (Å²) in [6, 6.07) is 2.83. The van der Waals surface area contributed by atoms with E-state index in [1.54, 1.807) is 17.2 Å². The summed E-state index contributed by atoms with van der Waals surface area (Å²) in [6.45, 7) is 11.3. The number of aryl methyl sites for hydroxylation is 1. The number of rotatable bonds is 8. The lowest BCUT2D eigenvalue weighted by Gasteiger charge is -2.34. The number of methoxy groups -OCH3 is 1. The number of halogens is 7. The zero-order chi connectivity index (χ0) is 37.2. The summed E-state index contributed by atoms with van der Waals surface area (Å²) in [5.74, 6) is 0.304. The van der Waals surface area contributed by atoms with Crippen LogP contribution in [0.4, 0.5) is 41.5 Å². The van der Waals surface area contributed by atoms with Crippen LogP contribution < -0.4 is 9.64 Å². The molecule has 0 N–H and O–H groups in total. The molecule has 4 aromatic rings.